The van der Waals surface area contributed by atoms with Crippen molar-refractivity contribution in [3.8, 4) is 0 Å². The summed E-state index contributed by atoms with van der Waals surface area (Å²) >= 11 is 6.84. The maximum Gasteiger partial charge on any atom is 0.311 e. The number of carboxylic acids is 1. The van der Waals surface area contributed by atoms with E-state index >= 15 is 0 Å². The molecule has 1 aliphatic carbocycles. The third-order valence-corrected chi connectivity index (χ3v) is 4.05. The maximum absolute atomic E-state index is 11.2. The molecule has 0 radical (unpaired) electrons. The molecule has 0 spiro atoms. The summed E-state index contributed by atoms with van der Waals surface area (Å²) in [5.74, 6) is -0.808. The summed E-state index contributed by atoms with van der Waals surface area (Å²) in [6.07, 6.45) is 2.04. The van der Waals surface area contributed by atoms with Gasteiger partial charge in [0.05, 0.1) is 5.92 Å². The quantitative estimate of drug-likeness (QED) is 0.913. The number of halogens is 2. The minimum atomic E-state index is -0.731. The highest BCUT2D eigenvalue weighted by Gasteiger charge is 2.39. The van der Waals surface area contributed by atoms with Crippen LogP contribution in [0, 0.1) is 5.92 Å². The highest BCUT2D eigenvalue weighted by molar-refractivity contribution is 9.11. The van der Waals surface area contributed by atoms with Gasteiger partial charge in [0, 0.05) is 8.95 Å². The van der Waals surface area contributed by atoms with Crippen molar-refractivity contribution < 1.29 is 9.90 Å². The van der Waals surface area contributed by atoms with Crippen LogP contribution in [0.25, 0.3) is 0 Å². The molecule has 0 heterocycles. The van der Waals surface area contributed by atoms with E-state index < -0.39 is 5.97 Å². The van der Waals surface area contributed by atoms with E-state index in [0.717, 1.165) is 27.4 Å². The second-order valence-corrected chi connectivity index (χ2v) is 5.50. The zero-order valence-corrected chi connectivity index (χ0v) is 11.1. The van der Waals surface area contributed by atoms with Gasteiger partial charge < -0.3 is 5.11 Å². The molecule has 1 saturated carbocycles. The van der Waals surface area contributed by atoms with Gasteiger partial charge in [0.1, 0.15) is 0 Å². The number of carboxylic acid groups (broad SMARTS) is 1. The van der Waals surface area contributed by atoms with Crippen LogP contribution in [0.2, 0.25) is 0 Å². The SMILES string of the molecule is O=C(O)C(c1c(Br)cccc1Br)C1CC1. The minimum Gasteiger partial charge on any atom is -0.481 e. The lowest BCUT2D eigenvalue weighted by atomic mass is 9.94. The van der Waals surface area contributed by atoms with Crippen LogP contribution < -0.4 is 0 Å². The van der Waals surface area contributed by atoms with Crippen molar-refractivity contribution in [2.75, 3.05) is 0 Å². The van der Waals surface area contributed by atoms with Crippen molar-refractivity contribution in [2.24, 2.45) is 5.92 Å². The molecule has 2 rings (SSSR count). The molecule has 0 aliphatic heterocycles. The van der Waals surface area contributed by atoms with E-state index in [-0.39, 0.29) is 5.92 Å². The summed E-state index contributed by atoms with van der Waals surface area (Å²) < 4.78 is 1.74. The molecule has 1 unspecified atom stereocenters. The van der Waals surface area contributed by atoms with Crippen molar-refractivity contribution >= 4 is 37.8 Å². The highest BCUT2D eigenvalue weighted by atomic mass is 79.9. The molecule has 80 valence electrons. The van der Waals surface area contributed by atoms with Gasteiger partial charge in [-0.15, -0.1) is 0 Å². The van der Waals surface area contributed by atoms with Gasteiger partial charge >= 0.3 is 5.97 Å². The summed E-state index contributed by atoms with van der Waals surface area (Å²) in [6, 6.07) is 5.67. The van der Waals surface area contributed by atoms with Crippen LogP contribution in [0.15, 0.2) is 27.1 Å². The molecule has 1 atom stereocenters. The Labute approximate surface area is 105 Å². The smallest absolute Gasteiger partial charge is 0.311 e. The molecule has 0 amide bonds. The van der Waals surface area contributed by atoms with Crippen molar-refractivity contribution in [1.82, 2.24) is 0 Å². The van der Waals surface area contributed by atoms with Gasteiger partial charge in [-0.25, -0.2) is 0 Å². The number of hydrogen-bond acceptors (Lipinski definition) is 1. The van der Waals surface area contributed by atoms with Gasteiger partial charge in [-0.2, -0.15) is 0 Å². The van der Waals surface area contributed by atoms with Crippen LogP contribution in [-0.4, -0.2) is 11.1 Å². The van der Waals surface area contributed by atoms with Crippen LogP contribution in [0.1, 0.15) is 24.3 Å². The molecule has 0 aromatic heterocycles. The van der Waals surface area contributed by atoms with E-state index in [9.17, 15) is 9.90 Å². The molecule has 1 aliphatic rings. The molecule has 1 aromatic rings. The van der Waals surface area contributed by atoms with Gasteiger partial charge in [0.15, 0.2) is 0 Å². The highest BCUT2D eigenvalue weighted by Crippen LogP contribution is 2.46. The van der Waals surface area contributed by atoms with Gasteiger partial charge in [0.25, 0.3) is 0 Å². The maximum atomic E-state index is 11.2. The Kier molecular flexibility index (Phi) is 3.16. The first-order chi connectivity index (χ1) is 7.11. The fourth-order valence-electron chi connectivity index (χ4n) is 1.80. The van der Waals surface area contributed by atoms with Crippen LogP contribution >= 0.6 is 31.9 Å². The molecular formula is C11H10Br2O2. The molecule has 1 fully saturated rings. The molecule has 2 nitrogen and oxygen atoms in total. The first-order valence-corrected chi connectivity index (χ1v) is 6.36. The predicted molar refractivity (Wildman–Crippen MR) is 64.9 cm³/mol. The molecule has 4 heteroatoms. The number of aliphatic carboxylic acids is 1. The van der Waals surface area contributed by atoms with Crippen LogP contribution in [0.3, 0.4) is 0 Å². The van der Waals surface area contributed by atoms with Crippen LogP contribution in [0.4, 0.5) is 0 Å². The summed E-state index contributed by atoms with van der Waals surface area (Å²) in [4.78, 5) is 11.2. The fourth-order valence-corrected chi connectivity index (χ4v) is 3.29. The zero-order valence-electron chi connectivity index (χ0n) is 7.91. The lowest BCUT2D eigenvalue weighted by Gasteiger charge is -2.15. The molecule has 0 saturated heterocycles. The Morgan fingerprint density at radius 3 is 2.27 bits per heavy atom. The summed E-state index contributed by atoms with van der Waals surface area (Å²) in [7, 11) is 0. The Hall–Kier alpha value is -0.350. The second kappa shape index (κ2) is 4.26. The lowest BCUT2D eigenvalue weighted by molar-refractivity contribution is -0.139. The molecule has 1 aromatic carbocycles. The van der Waals surface area contributed by atoms with Crippen LogP contribution in [0.5, 0.6) is 0 Å². The van der Waals surface area contributed by atoms with E-state index in [1.54, 1.807) is 0 Å². The molecular weight excluding hydrogens is 324 g/mol. The van der Waals surface area contributed by atoms with Crippen molar-refractivity contribution in [2.45, 2.75) is 18.8 Å². The second-order valence-electron chi connectivity index (χ2n) is 3.79. The minimum absolute atomic E-state index is 0.303. The molecule has 1 N–H and O–H groups in total. The van der Waals surface area contributed by atoms with Crippen LogP contribution in [-0.2, 0) is 4.79 Å². The Morgan fingerprint density at radius 2 is 1.87 bits per heavy atom. The largest absolute Gasteiger partial charge is 0.481 e. The molecule has 0 bridgehead atoms. The van der Waals surface area contributed by atoms with Crippen molar-refractivity contribution in [3.05, 3.63) is 32.7 Å². The zero-order chi connectivity index (χ0) is 11.0. The fraction of sp³-hybridized carbons (Fsp3) is 0.364. The normalized spacial score (nSPS) is 17.5. The Balaban J connectivity index is 2.45. The van der Waals surface area contributed by atoms with Gasteiger partial charge in [-0.1, -0.05) is 37.9 Å². The van der Waals surface area contributed by atoms with Crippen molar-refractivity contribution in [3.63, 3.8) is 0 Å². The Bertz CT molecular complexity index is 379. The average Bonchev–Trinajstić information content (AvgIpc) is 2.94. The van der Waals surface area contributed by atoms with E-state index in [1.165, 1.54) is 0 Å². The summed E-state index contributed by atoms with van der Waals surface area (Å²) in [5.41, 5.74) is 0.868. The van der Waals surface area contributed by atoms with E-state index in [4.69, 9.17) is 0 Å². The first-order valence-electron chi connectivity index (χ1n) is 4.78. The van der Waals surface area contributed by atoms with E-state index in [0.29, 0.717) is 5.92 Å². The number of hydrogen-bond donors (Lipinski definition) is 1. The van der Waals surface area contributed by atoms with E-state index in [1.807, 2.05) is 18.2 Å². The van der Waals surface area contributed by atoms with Gasteiger partial charge in [0.2, 0.25) is 0 Å². The third-order valence-electron chi connectivity index (χ3n) is 2.67. The Morgan fingerprint density at radius 1 is 1.33 bits per heavy atom. The van der Waals surface area contributed by atoms with Crippen molar-refractivity contribution in [1.29, 1.82) is 0 Å². The standard InChI is InChI=1S/C11H10Br2O2/c12-7-2-1-3-8(13)10(7)9(11(14)15)6-4-5-6/h1-3,6,9H,4-5H2,(H,14,15). The molecule has 15 heavy (non-hydrogen) atoms. The monoisotopic (exact) mass is 332 g/mol. The summed E-state index contributed by atoms with van der Waals surface area (Å²) in [5, 5.41) is 9.24. The topological polar surface area (TPSA) is 37.3 Å². The summed E-state index contributed by atoms with van der Waals surface area (Å²) in [6.45, 7) is 0. The predicted octanol–water partition coefficient (Wildman–Crippen LogP) is 3.79. The number of benzene rings is 1. The number of rotatable bonds is 3. The third kappa shape index (κ3) is 2.26. The first kappa shape index (κ1) is 11.1. The van der Waals surface area contributed by atoms with E-state index in [2.05, 4.69) is 31.9 Å². The van der Waals surface area contributed by atoms with Gasteiger partial charge in [-0.05, 0) is 36.5 Å². The average molecular weight is 334 g/mol. The van der Waals surface area contributed by atoms with Gasteiger partial charge in [-0.3, -0.25) is 4.79 Å². The lowest BCUT2D eigenvalue weighted by Crippen LogP contribution is -2.14. The number of carbonyl (C=O) groups is 1.